The maximum Gasteiger partial charge on any atom is 0.276 e. The molecule has 2 amide bonds. The molecule has 1 saturated heterocycles. The summed E-state index contributed by atoms with van der Waals surface area (Å²) in [6.45, 7) is 2.79. The Morgan fingerprint density at radius 2 is 2.04 bits per heavy atom. The van der Waals surface area contributed by atoms with Gasteiger partial charge in [0.25, 0.3) is 11.8 Å². The molecule has 0 aromatic carbocycles. The molecule has 2 aromatic heterocycles. The average molecular weight is 385 g/mol. The molecule has 148 valence electrons. The molecule has 0 saturated carbocycles. The van der Waals surface area contributed by atoms with Crippen LogP contribution in [0, 0.1) is 6.92 Å². The summed E-state index contributed by atoms with van der Waals surface area (Å²) in [5.74, 6) is 0.774. The Hall–Kier alpha value is -3.17. The van der Waals surface area contributed by atoms with E-state index in [-0.39, 0.29) is 17.5 Å². The second kappa shape index (κ2) is 6.47. The van der Waals surface area contributed by atoms with E-state index in [9.17, 15) is 9.59 Å². The Morgan fingerprint density at radius 1 is 1.32 bits per heavy atom. The summed E-state index contributed by atoms with van der Waals surface area (Å²) in [5, 5.41) is 10.9. The summed E-state index contributed by atoms with van der Waals surface area (Å²) in [6, 6.07) is 1.64. The number of likely N-dealkylation sites (tertiary alicyclic amines) is 1. The third-order valence-corrected chi connectivity index (χ3v) is 5.50. The molecule has 2 aliphatic rings. The van der Waals surface area contributed by atoms with Gasteiger partial charge in [-0.2, -0.15) is 5.10 Å². The van der Waals surface area contributed by atoms with Crippen LogP contribution in [0.2, 0.25) is 0 Å². The lowest BCUT2D eigenvalue weighted by molar-refractivity contribution is -0.125. The molecule has 1 N–H and O–H groups in total. The molecule has 2 aliphatic heterocycles. The molecule has 2 aromatic rings. The van der Waals surface area contributed by atoms with Crippen molar-refractivity contribution in [3.05, 3.63) is 23.7 Å². The Bertz CT molecular complexity index is 964. The standard InChI is InChI=1S/C18H23N7O3/c1-11-12(10-19-24(11)4)14-9-13(22-28-14)15(26)25-7-5-18(6-8-25)16(27)20-17(21-18)23(2)3/h9-10H,5-8H2,1-4H3,(H,20,21,27). The van der Waals surface area contributed by atoms with E-state index in [1.165, 1.54) is 0 Å². The SMILES string of the molecule is Cc1c(-c2cc(C(=O)N3CCC4(CC3)N=C(N(C)C)NC4=O)no2)cnn1C. The zero-order valence-electron chi connectivity index (χ0n) is 16.4. The van der Waals surface area contributed by atoms with E-state index in [0.717, 1.165) is 11.3 Å². The fraction of sp³-hybridized carbons (Fsp3) is 0.500. The molecule has 1 spiro atoms. The number of hydrogen-bond donors (Lipinski definition) is 1. The molecule has 28 heavy (non-hydrogen) atoms. The van der Waals surface area contributed by atoms with Gasteiger partial charge in [-0.3, -0.25) is 19.6 Å². The van der Waals surface area contributed by atoms with E-state index in [0.29, 0.717) is 37.7 Å². The largest absolute Gasteiger partial charge is 0.355 e. The van der Waals surface area contributed by atoms with Crippen LogP contribution < -0.4 is 5.32 Å². The first-order valence-electron chi connectivity index (χ1n) is 9.14. The minimum atomic E-state index is -0.780. The third-order valence-electron chi connectivity index (χ3n) is 5.50. The normalized spacial score (nSPS) is 18.4. The van der Waals surface area contributed by atoms with E-state index in [2.05, 4.69) is 20.6 Å². The highest BCUT2D eigenvalue weighted by Crippen LogP contribution is 2.31. The molecule has 10 nitrogen and oxygen atoms in total. The van der Waals surface area contributed by atoms with Gasteiger partial charge in [-0.05, 0) is 19.8 Å². The van der Waals surface area contributed by atoms with E-state index in [1.54, 1.807) is 26.7 Å². The van der Waals surface area contributed by atoms with Gasteiger partial charge in [-0.1, -0.05) is 5.16 Å². The third kappa shape index (κ3) is 2.85. The van der Waals surface area contributed by atoms with Crippen LogP contribution in [0.1, 0.15) is 29.0 Å². The fourth-order valence-corrected chi connectivity index (χ4v) is 3.54. The highest BCUT2D eigenvalue weighted by molar-refractivity contribution is 6.07. The minimum Gasteiger partial charge on any atom is -0.355 e. The number of piperidine rings is 1. The number of hydrogen-bond acceptors (Lipinski definition) is 7. The molecule has 4 heterocycles. The van der Waals surface area contributed by atoms with Crippen LogP contribution in [0.4, 0.5) is 0 Å². The Morgan fingerprint density at radius 3 is 2.61 bits per heavy atom. The summed E-state index contributed by atoms with van der Waals surface area (Å²) in [4.78, 5) is 33.3. The van der Waals surface area contributed by atoms with Gasteiger partial charge in [-0.25, -0.2) is 4.99 Å². The molecule has 10 heteroatoms. The first-order chi connectivity index (χ1) is 13.3. The van der Waals surface area contributed by atoms with Crippen molar-refractivity contribution in [3.63, 3.8) is 0 Å². The van der Waals surface area contributed by atoms with Crippen LogP contribution in [0.15, 0.2) is 21.8 Å². The number of carbonyl (C=O) groups excluding carboxylic acids is 2. The quantitative estimate of drug-likeness (QED) is 0.802. The smallest absolute Gasteiger partial charge is 0.276 e. The number of nitrogens with one attached hydrogen (secondary N) is 1. The summed E-state index contributed by atoms with van der Waals surface area (Å²) in [6.07, 6.45) is 2.65. The topological polar surface area (TPSA) is 109 Å². The van der Waals surface area contributed by atoms with E-state index >= 15 is 0 Å². The maximum atomic E-state index is 12.8. The molecule has 0 atom stereocenters. The molecule has 0 aliphatic carbocycles. The number of aryl methyl sites for hydroxylation is 1. The fourth-order valence-electron chi connectivity index (χ4n) is 3.54. The van der Waals surface area contributed by atoms with Gasteiger partial charge in [0.15, 0.2) is 11.5 Å². The van der Waals surface area contributed by atoms with Crippen molar-refractivity contribution in [1.29, 1.82) is 0 Å². The van der Waals surface area contributed by atoms with Crippen molar-refractivity contribution in [2.24, 2.45) is 12.0 Å². The first-order valence-corrected chi connectivity index (χ1v) is 9.14. The van der Waals surface area contributed by atoms with Gasteiger partial charge < -0.3 is 14.3 Å². The predicted octanol–water partition coefficient (Wildman–Crippen LogP) is 0.406. The van der Waals surface area contributed by atoms with Gasteiger partial charge in [0.05, 0.1) is 11.8 Å². The highest BCUT2D eigenvalue weighted by atomic mass is 16.5. The zero-order chi connectivity index (χ0) is 20.1. The summed E-state index contributed by atoms with van der Waals surface area (Å²) >= 11 is 0. The number of amides is 2. The lowest BCUT2D eigenvalue weighted by atomic mass is 9.88. The first kappa shape index (κ1) is 18.2. The number of guanidine groups is 1. The summed E-state index contributed by atoms with van der Waals surface area (Å²) in [5.41, 5.74) is 1.21. The zero-order valence-corrected chi connectivity index (χ0v) is 16.4. The summed E-state index contributed by atoms with van der Waals surface area (Å²) < 4.78 is 7.10. The van der Waals surface area contributed by atoms with Gasteiger partial charge in [0, 0.05) is 46.0 Å². The predicted molar refractivity (Wildman–Crippen MR) is 101 cm³/mol. The number of carbonyl (C=O) groups is 2. The van der Waals surface area contributed by atoms with Crippen molar-refractivity contribution in [2.45, 2.75) is 25.3 Å². The molecule has 1 fully saturated rings. The van der Waals surface area contributed by atoms with Crippen molar-refractivity contribution in [1.82, 2.24) is 30.1 Å². The van der Waals surface area contributed by atoms with E-state index < -0.39 is 5.54 Å². The number of rotatable bonds is 2. The van der Waals surface area contributed by atoms with Crippen molar-refractivity contribution >= 4 is 17.8 Å². The number of aliphatic imine (C=N–C) groups is 1. The maximum absolute atomic E-state index is 12.8. The minimum absolute atomic E-state index is 0.0981. The second-order valence-electron chi connectivity index (χ2n) is 7.45. The second-order valence-corrected chi connectivity index (χ2v) is 7.45. The van der Waals surface area contributed by atoms with E-state index in [4.69, 9.17) is 4.52 Å². The highest BCUT2D eigenvalue weighted by Gasteiger charge is 2.47. The van der Waals surface area contributed by atoms with Crippen LogP contribution in [0.5, 0.6) is 0 Å². The summed E-state index contributed by atoms with van der Waals surface area (Å²) in [7, 11) is 5.51. The van der Waals surface area contributed by atoms with Gasteiger partial charge in [0.2, 0.25) is 5.96 Å². The van der Waals surface area contributed by atoms with E-state index in [1.807, 2.05) is 28.1 Å². The number of nitrogens with zero attached hydrogens (tertiary/aromatic N) is 6. The molecular formula is C18H23N7O3. The van der Waals surface area contributed by atoms with Crippen molar-refractivity contribution in [2.75, 3.05) is 27.2 Å². The molecule has 0 unspecified atom stereocenters. The Kier molecular flexibility index (Phi) is 4.20. The Labute approximate surface area is 162 Å². The van der Waals surface area contributed by atoms with Gasteiger partial charge in [0.1, 0.15) is 5.54 Å². The van der Waals surface area contributed by atoms with Crippen LogP contribution in [-0.4, -0.2) is 75.2 Å². The van der Waals surface area contributed by atoms with Gasteiger partial charge >= 0.3 is 0 Å². The van der Waals surface area contributed by atoms with Crippen LogP contribution in [-0.2, 0) is 11.8 Å². The molecule has 4 rings (SSSR count). The van der Waals surface area contributed by atoms with Gasteiger partial charge in [-0.15, -0.1) is 0 Å². The molecule has 0 bridgehead atoms. The van der Waals surface area contributed by atoms with Crippen LogP contribution in [0.3, 0.4) is 0 Å². The average Bonchev–Trinajstić information content (AvgIpc) is 3.36. The van der Waals surface area contributed by atoms with Crippen molar-refractivity contribution < 1.29 is 14.1 Å². The van der Waals surface area contributed by atoms with Crippen LogP contribution >= 0.6 is 0 Å². The monoisotopic (exact) mass is 385 g/mol. The lowest BCUT2D eigenvalue weighted by Crippen LogP contribution is -2.50. The van der Waals surface area contributed by atoms with Crippen molar-refractivity contribution in [3.8, 4) is 11.3 Å². The molecular weight excluding hydrogens is 362 g/mol. The lowest BCUT2D eigenvalue weighted by Gasteiger charge is -2.34. The number of aromatic nitrogens is 3. The molecule has 0 radical (unpaired) electrons. The van der Waals surface area contributed by atoms with Crippen LogP contribution in [0.25, 0.3) is 11.3 Å². The Balaban J connectivity index is 1.47.